The van der Waals surface area contributed by atoms with Crippen LogP contribution in [0.25, 0.3) is 0 Å². The summed E-state index contributed by atoms with van der Waals surface area (Å²) in [5.41, 5.74) is 0.772. The highest BCUT2D eigenvalue weighted by molar-refractivity contribution is 6.39. The van der Waals surface area contributed by atoms with Crippen LogP contribution in [0.1, 0.15) is 10.4 Å². The predicted molar refractivity (Wildman–Crippen MR) is 66.4 cm³/mol. The molecule has 2 heterocycles. The van der Waals surface area contributed by atoms with Crippen molar-refractivity contribution in [2.45, 2.75) is 0 Å². The maximum absolute atomic E-state index is 11.9. The third-order valence-electron chi connectivity index (χ3n) is 2.02. The van der Waals surface area contributed by atoms with Gasteiger partial charge in [0.25, 0.3) is 5.91 Å². The SMILES string of the molecule is O=C(Nc1ccncc1)c1c(Cl)ccnc1Cl. The fourth-order valence-corrected chi connectivity index (χ4v) is 1.77. The third-order valence-corrected chi connectivity index (χ3v) is 2.62. The van der Waals surface area contributed by atoms with Gasteiger partial charge in [0, 0.05) is 24.3 Å². The lowest BCUT2D eigenvalue weighted by Gasteiger charge is -2.07. The number of carbonyl (C=O) groups is 1. The van der Waals surface area contributed by atoms with Gasteiger partial charge in [-0.15, -0.1) is 0 Å². The Bertz CT molecular complexity index is 525. The molecular formula is C11H7Cl2N3O. The summed E-state index contributed by atoms with van der Waals surface area (Å²) in [5, 5.41) is 2.99. The minimum absolute atomic E-state index is 0.0732. The number of hydrogen-bond acceptors (Lipinski definition) is 3. The first kappa shape index (κ1) is 11.8. The van der Waals surface area contributed by atoms with E-state index < -0.39 is 5.91 Å². The lowest BCUT2D eigenvalue weighted by Crippen LogP contribution is -2.13. The van der Waals surface area contributed by atoms with Crippen molar-refractivity contribution in [2.24, 2.45) is 0 Å². The van der Waals surface area contributed by atoms with Gasteiger partial charge in [-0.3, -0.25) is 9.78 Å². The van der Waals surface area contributed by atoms with E-state index in [-0.39, 0.29) is 15.7 Å². The van der Waals surface area contributed by atoms with Crippen LogP contribution >= 0.6 is 23.2 Å². The van der Waals surface area contributed by atoms with Crippen molar-refractivity contribution in [2.75, 3.05) is 5.32 Å². The molecule has 17 heavy (non-hydrogen) atoms. The number of anilines is 1. The molecule has 0 unspecified atom stereocenters. The minimum atomic E-state index is -0.403. The fourth-order valence-electron chi connectivity index (χ4n) is 1.25. The van der Waals surface area contributed by atoms with Crippen molar-refractivity contribution >= 4 is 34.8 Å². The number of nitrogens with one attached hydrogen (secondary N) is 1. The summed E-state index contributed by atoms with van der Waals surface area (Å²) < 4.78 is 0. The topological polar surface area (TPSA) is 54.9 Å². The van der Waals surface area contributed by atoms with Crippen LogP contribution in [0.3, 0.4) is 0 Å². The second-order valence-corrected chi connectivity index (χ2v) is 3.91. The number of nitrogens with zero attached hydrogens (tertiary/aromatic N) is 2. The molecule has 0 saturated heterocycles. The van der Waals surface area contributed by atoms with Crippen molar-refractivity contribution in [3.63, 3.8) is 0 Å². The van der Waals surface area contributed by atoms with E-state index in [9.17, 15) is 4.79 Å². The molecule has 0 aliphatic heterocycles. The van der Waals surface area contributed by atoms with Crippen LogP contribution in [0.2, 0.25) is 10.2 Å². The molecule has 0 saturated carbocycles. The highest BCUT2D eigenvalue weighted by atomic mass is 35.5. The molecule has 6 heteroatoms. The average Bonchev–Trinajstić information content (AvgIpc) is 2.30. The van der Waals surface area contributed by atoms with Crippen molar-refractivity contribution in [1.29, 1.82) is 0 Å². The van der Waals surface area contributed by atoms with Gasteiger partial charge in [0.1, 0.15) is 5.15 Å². The number of carbonyl (C=O) groups excluding carboxylic acids is 1. The number of halogens is 2. The van der Waals surface area contributed by atoms with E-state index in [1.54, 1.807) is 24.5 Å². The number of amides is 1. The summed E-state index contributed by atoms with van der Waals surface area (Å²) in [6.07, 6.45) is 4.58. The zero-order chi connectivity index (χ0) is 12.3. The van der Waals surface area contributed by atoms with Gasteiger partial charge < -0.3 is 5.32 Å². The van der Waals surface area contributed by atoms with E-state index >= 15 is 0 Å². The first-order chi connectivity index (χ1) is 8.18. The Kier molecular flexibility index (Phi) is 3.56. The van der Waals surface area contributed by atoms with E-state index in [1.165, 1.54) is 12.3 Å². The normalized spacial score (nSPS) is 10.0. The number of aromatic nitrogens is 2. The van der Waals surface area contributed by atoms with Crippen molar-refractivity contribution in [3.05, 3.63) is 52.5 Å². The van der Waals surface area contributed by atoms with Gasteiger partial charge in [0.05, 0.1) is 10.6 Å². The van der Waals surface area contributed by atoms with Gasteiger partial charge in [-0.1, -0.05) is 23.2 Å². The van der Waals surface area contributed by atoms with E-state index in [0.717, 1.165) is 0 Å². The van der Waals surface area contributed by atoms with E-state index in [4.69, 9.17) is 23.2 Å². The molecule has 0 aliphatic rings. The Labute approximate surface area is 108 Å². The molecule has 4 nitrogen and oxygen atoms in total. The third kappa shape index (κ3) is 2.72. The highest BCUT2D eigenvalue weighted by Gasteiger charge is 2.15. The zero-order valence-electron chi connectivity index (χ0n) is 8.52. The van der Waals surface area contributed by atoms with Crippen molar-refractivity contribution < 1.29 is 4.79 Å². The largest absolute Gasteiger partial charge is 0.322 e. The molecule has 2 rings (SSSR count). The van der Waals surface area contributed by atoms with E-state index in [1.807, 2.05) is 0 Å². The maximum Gasteiger partial charge on any atom is 0.260 e. The highest BCUT2D eigenvalue weighted by Crippen LogP contribution is 2.22. The Morgan fingerprint density at radius 2 is 1.82 bits per heavy atom. The lowest BCUT2D eigenvalue weighted by molar-refractivity contribution is 0.102. The van der Waals surface area contributed by atoms with Crippen LogP contribution < -0.4 is 5.32 Å². The Morgan fingerprint density at radius 3 is 2.47 bits per heavy atom. The van der Waals surface area contributed by atoms with Crippen LogP contribution in [0.5, 0.6) is 0 Å². The molecule has 1 amide bonds. The molecule has 2 aromatic heterocycles. The Balaban J connectivity index is 2.27. The molecule has 0 atom stereocenters. The van der Waals surface area contributed by atoms with E-state index in [2.05, 4.69) is 15.3 Å². The molecule has 0 aromatic carbocycles. The maximum atomic E-state index is 11.9. The molecule has 0 spiro atoms. The molecule has 2 aromatic rings. The average molecular weight is 268 g/mol. The van der Waals surface area contributed by atoms with Crippen LogP contribution in [-0.4, -0.2) is 15.9 Å². The summed E-state index contributed by atoms with van der Waals surface area (Å²) in [7, 11) is 0. The van der Waals surface area contributed by atoms with Gasteiger partial charge >= 0.3 is 0 Å². The summed E-state index contributed by atoms with van der Waals surface area (Å²) in [6.45, 7) is 0. The molecule has 1 N–H and O–H groups in total. The van der Waals surface area contributed by atoms with Crippen molar-refractivity contribution in [3.8, 4) is 0 Å². The van der Waals surface area contributed by atoms with Crippen LogP contribution in [0, 0.1) is 0 Å². The minimum Gasteiger partial charge on any atom is -0.322 e. The fraction of sp³-hybridized carbons (Fsp3) is 0. The Hall–Kier alpha value is -1.65. The first-order valence-electron chi connectivity index (χ1n) is 4.70. The number of rotatable bonds is 2. The lowest BCUT2D eigenvalue weighted by atomic mass is 10.2. The van der Waals surface area contributed by atoms with Gasteiger partial charge in [-0.2, -0.15) is 0 Å². The summed E-state index contributed by atoms with van der Waals surface area (Å²) in [4.78, 5) is 19.6. The molecule has 86 valence electrons. The van der Waals surface area contributed by atoms with Crippen LogP contribution in [0.15, 0.2) is 36.8 Å². The quantitative estimate of drug-likeness (QED) is 0.851. The van der Waals surface area contributed by atoms with Crippen LogP contribution in [0.4, 0.5) is 5.69 Å². The standard InChI is InChI=1S/C11H7Cl2N3O/c12-8-3-6-15-10(13)9(8)11(17)16-7-1-4-14-5-2-7/h1-6H,(H,14,16,17). The van der Waals surface area contributed by atoms with Gasteiger partial charge in [0.2, 0.25) is 0 Å². The van der Waals surface area contributed by atoms with E-state index in [0.29, 0.717) is 5.69 Å². The molecule has 0 aliphatic carbocycles. The number of pyridine rings is 2. The predicted octanol–water partition coefficient (Wildman–Crippen LogP) is 3.04. The number of hydrogen-bond donors (Lipinski definition) is 1. The first-order valence-corrected chi connectivity index (χ1v) is 5.45. The van der Waals surface area contributed by atoms with Crippen LogP contribution in [-0.2, 0) is 0 Å². The monoisotopic (exact) mass is 267 g/mol. The molecule has 0 fully saturated rings. The second kappa shape index (κ2) is 5.12. The summed E-state index contributed by atoms with van der Waals surface area (Å²) in [5.74, 6) is -0.403. The van der Waals surface area contributed by atoms with Gasteiger partial charge in [0.15, 0.2) is 0 Å². The summed E-state index contributed by atoms with van der Waals surface area (Å²) >= 11 is 11.7. The molecular weight excluding hydrogens is 261 g/mol. The Morgan fingerprint density at radius 1 is 1.12 bits per heavy atom. The van der Waals surface area contributed by atoms with Gasteiger partial charge in [-0.25, -0.2) is 4.98 Å². The zero-order valence-corrected chi connectivity index (χ0v) is 10.0. The smallest absolute Gasteiger partial charge is 0.260 e. The van der Waals surface area contributed by atoms with Crippen molar-refractivity contribution in [1.82, 2.24) is 9.97 Å². The second-order valence-electron chi connectivity index (χ2n) is 3.15. The summed E-state index contributed by atoms with van der Waals surface area (Å²) in [6, 6.07) is 4.83. The van der Waals surface area contributed by atoms with Gasteiger partial charge in [-0.05, 0) is 18.2 Å². The molecule has 0 radical (unpaired) electrons. The molecule has 0 bridgehead atoms.